The summed E-state index contributed by atoms with van der Waals surface area (Å²) in [5, 5.41) is 11.4. The molecule has 0 saturated heterocycles. The van der Waals surface area contributed by atoms with Gasteiger partial charge < -0.3 is 14.2 Å². The number of ether oxygens (including phenoxy) is 1. The Morgan fingerprint density at radius 3 is 2.59 bits per heavy atom. The molecule has 1 aromatic heterocycles. The highest BCUT2D eigenvalue weighted by Gasteiger charge is 2.43. The van der Waals surface area contributed by atoms with Crippen LogP contribution in [0.2, 0.25) is 0 Å². The fourth-order valence-corrected chi connectivity index (χ4v) is 4.51. The smallest absolute Gasteiger partial charge is 0.344 e. The summed E-state index contributed by atoms with van der Waals surface area (Å²) < 4.78 is 7.43. The summed E-state index contributed by atoms with van der Waals surface area (Å²) in [6.07, 6.45) is 3.87. The van der Waals surface area contributed by atoms with Gasteiger partial charge in [-0.15, -0.1) is 0 Å². The molecule has 0 radical (unpaired) electrons. The third kappa shape index (κ3) is 5.91. The zero-order valence-corrected chi connectivity index (χ0v) is 21.0. The molecule has 0 saturated carbocycles. The van der Waals surface area contributed by atoms with Gasteiger partial charge in [-0.25, -0.2) is 14.8 Å². The van der Waals surface area contributed by atoms with Crippen molar-refractivity contribution >= 4 is 23.4 Å². The molecule has 2 atom stereocenters. The Morgan fingerprint density at radius 2 is 1.89 bits per heavy atom. The number of urea groups is 1. The number of hydrogen-bond donors (Lipinski definition) is 0. The average Bonchev–Trinajstić information content (AvgIpc) is 3.34. The largest absolute Gasteiger partial charge is 0.462 e. The van der Waals surface area contributed by atoms with Gasteiger partial charge in [-0.1, -0.05) is 42.5 Å². The maximum Gasteiger partial charge on any atom is 0.344 e. The predicted molar refractivity (Wildman–Crippen MR) is 138 cm³/mol. The third-order valence-corrected chi connectivity index (χ3v) is 6.17. The van der Waals surface area contributed by atoms with Crippen LogP contribution in [0, 0.1) is 16.0 Å². The summed E-state index contributed by atoms with van der Waals surface area (Å²) in [6.45, 7) is 5.96. The molecule has 0 aliphatic carbocycles. The molecule has 0 spiro atoms. The first kappa shape index (κ1) is 25.7. The van der Waals surface area contributed by atoms with Gasteiger partial charge >= 0.3 is 12.0 Å². The molecule has 1 aliphatic heterocycles. The van der Waals surface area contributed by atoms with Gasteiger partial charge in [-0.2, -0.15) is 0 Å². The molecule has 1 aliphatic rings. The number of nitrogens with zero attached hydrogens (tertiary/aromatic N) is 5. The lowest BCUT2D eigenvalue weighted by atomic mass is 9.86. The lowest BCUT2D eigenvalue weighted by Crippen LogP contribution is -2.48. The molecule has 0 fully saturated rings. The Hall–Kier alpha value is -4.34. The maximum absolute atomic E-state index is 13.1. The fourth-order valence-electron chi connectivity index (χ4n) is 4.51. The third-order valence-electron chi connectivity index (χ3n) is 6.17. The number of imidazole rings is 1. The molecule has 0 N–H and O–H groups in total. The van der Waals surface area contributed by atoms with E-state index in [4.69, 9.17) is 4.74 Å². The molecule has 192 valence electrons. The Labute approximate surface area is 214 Å². The lowest BCUT2D eigenvalue weighted by molar-refractivity contribution is -0.385. The minimum atomic E-state index is -0.875. The van der Waals surface area contributed by atoms with Crippen LogP contribution < -0.4 is 0 Å². The van der Waals surface area contributed by atoms with Crippen LogP contribution in [-0.4, -0.2) is 49.7 Å². The lowest BCUT2D eigenvalue weighted by Gasteiger charge is -2.38. The number of non-ortho nitro benzene ring substituents is 1. The standard InChI is InChI=1S/C27H29N5O5/c1-18(2)37-26(33)24-19(3)29-27(34)31(25(24)21-11-7-12-22(15-21)32(35)36)14-8-13-30-16-23(28-17-30)20-9-5-4-6-10-20/h4-7,9-12,15-18,24-25H,8,13-14H2,1-3H3. The number of aliphatic imine (C=N–C) groups is 1. The van der Waals surface area contributed by atoms with Crippen molar-refractivity contribution in [3.63, 3.8) is 0 Å². The monoisotopic (exact) mass is 503 g/mol. The molecular formula is C27H29N5O5. The fraction of sp³-hybridized carbons (Fsp3) is 0.333. The Kier molecular flexibility index (Phi) is 7.76. The van der Waals surface area contributed by atoms with E-state index in [1.165, 1.54) is 17.0 Å². The SMILES string of the molecule is CC1=NC(=O)N(CCCn2cnc(-c3ccccc3)c2)C(c2cccc([N+](=O)[O-])c2)C1C(=O)OC(C)C. The summed E-state index contributed by atoms with van der Waals surface area (Å²) in [5.74, 6) is -1.40. The molecule has 2 aromatic carbocycles. The van der Waals surface area contributed by atoms with Crippen molar-refractivity contribution in [3.8, 4) is 11.3 Å². The first-order valence-electron chi connectivity index (χ1n) is 12.1. The molecule has 2 heterocycles. The highest BCUT2D eigenvalue weighted by atomic mass is 16.6. The summed E-state index contributed by atoms with van der Waals surface area (Å²) in [7, 11) is 0. The van der Waals surface area contributed by atoms with E-state index in [2.05, 4.69) is 9.98 Å². The molecule has 2 unspecified atom stereocenters. The van der Waals surface area contributed by atoms with Crippen LogP contribution in [-0.2, 0) is 16.1 Å². The number of esters is 1. The number of hydrogen-bond acceptors (Lipinski definition) is 6. The van der Waals surface area contributed by atoms with Crippen LogP contribution in [0.5, 0.6) is 0 Å². The van der Waals surface area contributed by atoms with E-state index in [1.54, 1.807) is 39.2 Å². The van der Waals surface area contributed by atoms with Gasteiger partial charge in [0.25, 0.3) is 5.69 Å². The van der Waals surface area contributed by atoms with E-state index in [-0.39, 0.29) is 18.3 Å². The minimum absolute atomic E-state index is 0.118. The summed E-state index contributed by atoms with van der Waals surface area (Å²) in [4.78, 5) is 47.2. The second-order valence-corrected chi connectivity index (χ2v) is 9.21. The molecule has 3 aromatic rings. The van der Waals surface area contributed by atoms with E-state index in [9.17, 15) is 19.7 Å². The average molecular weight is 504 g/mol. The molecule has 0 bridgehead atoms. The van der Waals surface area contributed by atoms with Crippen molar-refractivity contribution in [3.05, 3.63) is 82.8 Å². The van der Waals surface area contributed by atoms with Gasteiger partial charge in [0, 0.05) is 42.7 Å². The normalized spacial score (nSPS) is 17.6. The second kappa shape index (κ2) is 11.2. The number of carbonyl (C=O) groups excluding carboxylic acids is 2. The molecule has 10 heteroatoms. The van der Waals surface area contributed by atoms with Gasteiger partial charge in [-0.3, -0.25) is 14.9 Å². The Bertz CT molecular complexity index is 1320. The van der Waals surface area contributed by atoms with Crippen molar-refractivity contribution in [1.29, 1.82) is 0 Å². The number of rotatable bonds is 9. The number of aryl methyl sites for hydroxylation is 1. The molecule has 4 rings (SSSR count). The van der Waals surface area contributed by atoms with Crippen molar-refractivity contribution in [2.24, 2.45) is 10.9 Å². The van der Waals surface area contributed by atoms with E-state index < -0.39 is 28.9 Å². The van der Waals surface area contributed by atoms with Crippen molar-refractivity contribution in [1.82, 2.24) is 14.5 Å². The van der Waals surface area contributed by atoms with Gasteiger partial charge in [0.05, 0.1) is 29.1 Å². The molecule has 10 nitrogen and oxygen atoms in total. The first-order valence-corrected chi connectivity index (χ1v) is 12.1. The number of carbonyl (C=O) groups is 2. The van der Waals surface area contributed by atoms with E-state index in [0.717, 1.165) is 11.3 Å². The van der Waals surface area contributed by atoms with Crippen molar-refractivity contribution < 1.29 is 19.2 Å². The summed E-state index contributed by atoms with van der Waals surface area (Å²) in [6, 6.07) is 14.6. The van der Waals surface area contributed by atoms with Crippen LogP contribution in [0.15, 0.2) is 72.1 Å². The zero-order chi connectivity index (χ0) is 26.5. The molecule has 2 amide bonds. The minimum Gasteiger partial charge on any atom is -0.462 e. The van der Waals surface area contributed by atoms with Crippen LogP contribution in [0.4, 0.5) is 10.5 Å². The Morgan fingerprint density at radius 1 is 1.14 bits per heavy atom. The Balaban J connectivity index is 1.59. The van der Waals surface area contributed by atoms with E-state index in [0.29, 0.717) is 24.2 Å². The van der Waals surface area contributed by atoms with E-state index >= 15 is 0 Å². The summed E-state index contributed by atoms with van der Waals surface area (Å²) >= 11 is 0. The van der Waals surface area contributed by atoms with Crippen LogP contribution in [0.3, 0.4) is 0 Å². The maximum atomic E-state index is 13.1. The highest BCUT2D eigenvalue weighted by Crippen LogP contribution is 2.36. The van der Waals surface area contributed by atoms with Crippen molar-refractivity contribution in [2.45, 2.75) is 45.9 Å². The van der Waals surface area contributed by atoms with Gasteiger partial charge in [0.15, 0.2) is 0 Å². The van der Waals surface area contributed by atoms with Gasteiger partial charge in [0.2, 0.25) is 0 Å². The number of benzene rings is 2. The predicted octanol–water partition coefficient (Wildman–Crippen LogP) is 5.05. The summed E-state index contributed by atoms with van der Waals surface area (Å²) in [5.41, 5.74) is 2.55. The van der Waals surface area contributed by atoms with Crippen LogP contribution in [0.1, 0.15) is 38.8 Å². The highest BCUT2D eigenvalue weighted by molar-refractivity contribution is 6.08. The number of amides is 2. The first-order chi connectivity index (χ1) is 17.7. The zero-order valence-electron chi connectivity index (χ0n) is 21.0. The number of nitro benzene ring substituents is 1. The number of nitro groups is 1. The van der Waals surface area contributed by atoms with Gasteiger partial charge in [0.1, 0.15) is 5.92 Å². The van der Waals surface area contributed by atoms with Crippen LogP contribution in [0.25, 0.3) is 11.3 Å². The van der Waals surface area contributed by atoms with E-state index in [1.807, 2.05) is 41.1 Å². The number of aromatic nitrogens is 2. The quantitative estimate of drug-likeness (QED) is 0.229. The molecule has 37 heavy (non-hydrogen) atoms. The molecular weight excluding hydrogens is 474 g/mol. The van der Waals surface area contributed by atoms with Gasteiger partial charge in [-0.05, 0) is 32.8 Å². The van der Waals surface area contributed by atoms with Crippen molar-refractivity contribution in [2.75, 3.05) is 6.54 Å². The topological polar surface area (TPSA) is 120 Å². The van der Waals surface area contributed by atoms with Crippen LogP contribution >= 0.6 is 0 Å². The second-order valence-electron chi connectivity index (χ2n) is 9.21.